The summed E-state index contributed by atoms with van der Waals surface area (Å²) in [5, 5.41) is 4.54. The summed E-state index contributed by atoms with van der Waals surface area (Å²) < 4.78 is 41.3. The van der Waals surface area contributed by atoms with Crippen LogP contribution in [0.2, 0.25) is 0 Å². The number of halogens is 3. The van der Waals surface area contributed by atoms with Crippen molar-refractivity contribution in [3.8, 4) is 0 Å². The highest BCUT2D eigenvalue weighted by molar-refractivity contribution is 7.18. The van der Waals surface area contributed by atoms with Crippen LogP contribution in [0.25, 0.3) is 16.0 Å². The molecular formula is C23H23F3N6OS. The van der Waals surface area contributed by atoms with Crippen LogP contribution in [-0.2, 0) is 17.4 Å². The normalized spacial score (nSPS) is 17.1. The Morgan fingerprint density at radius 2 is 1.94 bits per heavy atom. The van der Waals surface area contributed by atoms with Crippen molar-refractivity contribution in [2.24, 2.45) is 0 Å². The Kier molecular flexibility index (Phi) is 5.75. The molecule has 0 radical (unpaired) electrons. The van der Waals surface area contributed by atoms with Crippen molar-refractivity contribution in [3.05, 3.63) is 52.0 Å². The number of aryl methyl sites for hydroxylation is 2. The molecule has 1 aliphatic heterocycles. The molecule has 4 aromatic rings. The molecule has 3 aromatic heterocycles. The molecule has 1 aromatic carbocycles. The summed E-state index contributed by atoms with van der Waals surface area (Å²) in [5.74, 6) is -1.30. The van der Waals surface area contributed by atoms with Crippen molar-refractivity contribution in [1.29, 1.82) is 0 Å². The zero-order valence-electron chi connectivity index (χ0n) is 18.8. The summed E-state index contributed by atoms with van der Waals surface area (Å²) in [6, 6.07) is 7.90. The standard InChI is InChI=1S/C23H23F3N6OS/c1-13-15(14(2)32-22(27-13)29-21(30-32)23(24,25)26)10-11-19(33)31-12-6-5-8-17(31)20-28-16-7-3-4-9-18(16)34-20/h3-4,7,9,17H,5-6,8,10-12H2,1-2H3/t17-/m1/s1. The van der Waals surface area contributed by atoms with Gasteiger partial charge in [0.05, 0.1) is 16.3 Å². The van der Waals surface area contributed by atoms with Gasteiger partial charge in [-0.05, 0) is 57.2 Å². The molecular weight excluding hydrogens is 465 g/mol. The number of fused-ring (bicyclic) bond motifs is 2. The Morgan fingerprint density at radius 1 is 1.15 bits per heavy atom. The molecule has 7 nitrogen and oxygen atoms in total. The number of benzene rings is 1. The van der Waals surface area contributed by atoms with Crippen molar-refractivity contribution < 1.29 is 18.0 Å². The number of nitrogens with zero attached hydrogens (tertiary/aromatic N) is 6. The van der Waals surface area contributed by atoms with Gasteiger partial charge in [0.25, 0.3) is 11.6 Å². The minimum absolute atomic E-state index is 0.0115. The van der Waals surface area contributed by atoms with Crippen molar-refractivity contribution in [2.45, 2.75) is 58.2 Å². The van der Waals surface area contributed by atoms with E-state index in [4.69, 9.17) is 4.98 Å². The minimum atomic E-state index is -4.64. The van der Waals surface area contributed by atoms with E-state index in [1.165, 1.54) is 0 Å². The second kappa shape index (κ2) is 8.61. The van der Waals surface area contributed by atoms with Crippen molar-refractivity contribution in [3.63, 3.8) is 0 Å². The van der Waals surface area contributed by atoms with Crippen LogP contribution in [-0.4, -0.2) is 41.9 Å². The minimum Gasteiger partial charge on any atom is -0.333 e. The molecule has 1 amide bonds. The van der Waals surface area contributed by atoms with Gasteiger partial charge in [0, 0.05) is 24.4 Å². The summed E-state index contributed by atoms with van der Waals surface area (Å²) >= 11 is 1.62. The monoisotopic (exact) mass is 488 g/mol. The fourth-order valence-corrected chi connectivity index (χ4v) is 5.70. The maximum Gasteiger partial charge on any atom is 0.453 e. The molecule has 34 heavy (non-hydrogen) atoms. The topological polar surface area (TPSA) is 76.3 Å². The van der Waals surface area contributed by atoms with Gasteiger partial charge < -0.3 is 4.90 Å². The van der Waals surface area contributed by atoms with E-state index in [-0.39, 0.29) is 24.1 Å². The number of aromatic nitrogens is 5. The Labute approximate surface area is 197 Å². The first-order valence-corrected chi connectivity index (χ1v) is 12.0. The van der Waals surface area contributed by atoms with E-state index in [1.807, 2.05) is 29.2 Å². The number of rotatable bonds is 4. The molecule has 1 saturated heterocycles. The molecule has 0 saturated carbocycles. The second-order valence-corrected chi connectivity index (χ2v) is 9.59. The van der Waals surface area contributed by atoms with Gasteiger partial charge in [-0.3, -0.25) is 4.79 Å². The molecule has 0 unspecified atom stereocenters. The number of hydrogen-bond donors (Lipinski definition) is 0. The fraction of sp³-hybridized carbons (Fsp3) is 0.435. The largest absolute Gasteiger partial charge is 0.453 e. The Hall–Kier alpha value is -3.08. The lowest BCUT2D eigenvalue weighted by Crippen LogP contribution is -2.38. The number of carbonyl (C=O) groups is 1. The van der Waals surface area contributed by atoms with Crippen LogP contribution in [0.1, 0.15) is 59.5 Å². The molecule has 11 heteroatoms. The molecule has 1 fully saturated rings. The van der Waals surface area contributed by atoms with Gasteiger partial charge in [-0.2, -0.15) is 18.2 Å². The van der Waals surface area contributed by atoms with Crippen molar-refractivity contribution >= 4 is 33.2 Å². The lowest BCUT2D eigenvalue weighted by molar-refractivity contribution is -0.144. The van der Waals surface area contributed by atoms with E-state index >= 15 is 0 Å². The van der Waals surface area contributed by atoms with Gasteiger partial charge in [0.15, 0.2) is 0 Å². The average molecular weight is 489 g/mol. The fourth-order valence-electron chi connectivity index (χ4n) is 4.59. The molecule has 0 bridgehead atoms. The summed E-state index contributed by atoms with van der Waals surface area (Å²) in [5.41, 5.74) is 2.73. The van der Waals surface area contributed by atoms with Gasteiger partial charge in [-0.15, -0.1) is 16.4 Å². The van der Waals surface area contributed by atoms with Crippen LogP contribution < -0.4 is 0 Å². The zero-order chi connectivity index (χ0) is 24.0. The van der Waals surface area contributed by atoms with Gasteiger partial charge in [0.1, 0.15) is 5.01 Å². The molecule has 0 N–H and O–H groups in total. The molecule has 1 atom stereocenters. The molecule has 4 heterocycles. The third kappa shape index (κ3) is 4.13. The summed E-state index contributed by atoms with van der Waals surface area (Å²) in [7, 11) is 0. The Balaban J connectivity index is 1.37. The maximum absolute atomic E-state index is 13.3. The highest BCUT2D eigenvalue weighted by atomic mass is 32.1. The number of para-hydroxylation sites is 1. The smallest absolute Gasteiger partial charge is 0.333 e. The number of thiazole rings is 1. The van der Waals surface area contributed by atoms with Gasteiger partial charge in [-0.1, -0.05) is 12.1 Å². The van der Waals surface area contributed by atoms with Crippen LogP contribution in [0.3, 0.4) is 0 Å². The molecule has 178 valence electrons. The number of hydrogen-bond acceptors (Lipinski definition) is 6. The molecule has 0 spiro atoms. The SMILES string of the molecule is Cc1nc2nc(C(F)(F)F)nn2c(C)c1CCC(=O)N1CCCC[C@@H]1c1nc2ccccc2s1. The van der Waals surface area contributed by atoms with Crippen molar-refractivity contribution in [1.82, 2.24) is 29.5 Å². The summed E-state index contributed by atoms with van der Waals surface area (Å²) in [6.07, 6.45) is -1.19. The van der Waals surface area contributed by atoms with Crippen LogP contribution in [0.15, 0.2) is 24.3 Å². The zero-order valence-corrected chi connectivity index (χ0v) is 19.6. The van der Waals surface area contributed by atoms with E-state index in [9.17, 15) is 18.0 Å². The third-order valence-corrected chi connectivity index (χ3v) is 7.45. The van der Waals surface area contributed by atoms with Crippen molar-refractivity contribution in [2.75, 3.05) is 6.54 Å². The summed E-state index contributed by atoms with van der Waals surface area (Å²) in [4.78, 5) is 27.7. The van der Waals surface area contributed by atoms with Gasteiger partial charge in [-0.25, -0.2) is 14.5 Å². The first-order valence-electron chi connectivity index (χ1n) is 11.2. The van der Waals surface area contributed by atoms with E-state index in [2.05, 4.69) is 15.1 Å². The quantitative estimate of drug-likeness (QED) is 0.402. The van der Waals surface area contributed by atoms with Crippen LogP contribution >= 0.6 is 11.3 Å². The highest BCUT2D eigenvalue weighted by Crippen LogP contribution is 2.36. The Bertz CT molecular complexity index is 1350. The number of likely N-dealkylation sites (tertiary alicyclic amines) is 1. The third-order valence-electron chi connectivity index (χ3n) is 6.31. The summed E-state index contributed by atoms with van der Waals surface area (Å²) in [6.45, 7) is 4.08. The predicted octanol–water partition coefficient (Wildman–Crippen LogP) is 5.06. The number of amides is 1. The lowest BCUT2D eigenvalue weighted by Gasteiger charge is -2.34. The van der Waals surface area contributed by atoms with Crippen LogP contribution in [0.5, 0.6) is 0 Å². The number of piperidine rings is 1. The van der Waals surface area contributed by atoms with E-state index in [0.29, 0.717) is 29.9 Å². The lowest BCUT2D eigenvalue weighted by atomic mass is 10.0. The first kappa shape index (κ1) is 22.7. The van der Waals surface area contributed by atoms with E-state index < -0.39 is 12.0 Å². The molecule has 5 rings (SSSR count). The number of alkyl halides is 3. The first-order chi connectivity index (χ1) is 16.2. The van der Waals surface area contributed by atoms with Crippen LogP contribution in [0, 0.1) is 13.8 Å². The highest BCUT2D eigenvalue weighted by Gasteiger charge is 2.37. The number of carbonyl (C=O) groups excluding carboxylic acids is 1. The predicted molar refractivity (Wildman–Crippen MR) is 122 cm³/mol. The maximum atomic E-state index is 13.3. The van der Waals surface area contributed by atoms with Crippen LogP contribution in [0.4, 0.5) is 13.2 Å². The Morgan fingerprint density at radius 3 is 2.71 bits per heavy atom. The second-order valence-electron chi connectivity index (χ2n) is 8.52. The van der Waals surface area contributed by atoms with E-state index in [1.54, 1.807) is 25.2 Å². The molecule has 0 aliphatic carbocycles. The van der Waals surface area contributed by atoms with E-state index in [0.717, 1.165) is 39.0 Å². The van der Waals surface area contributed by atoms with Gasteiger partial charge in [0.2, 0.25) is 5.91 Å². The average Bonchev–Trinajstić information content (AvgIpc) is 3.43. The van der Waals surface area contributed by atoms with Gasteiger partial charge >= 0.3 is 6.18 Å². The molecule has 1 aliphatic rings.